The quantitative estimate of drug-likeness (QED) is 0.315. The Kier molecular flexibility index (Phi) is 7.35. The lowest BCUT2D eigenvalue weighted by molar-refractivity contribution is -0.137. The van der Waals surface area contributed by atoms with Crippen LogP contribution in [0.25, 0.3) is 11.1 Å². The summed E-state index contributed by atoms with van der Waals surface area (Å²) in [4.78, 5) is 11.4. The third kappa shape index (κ3) is 5.71. The minimum atomic E-state index is -0.783. The molecule has 3 aromatic rings. The van der Waals surface area contributed by atoms with Crippen molar-refractivity contribution in [1.29, 1.82) is 0 Å². The molecule has 3 aromatic carbocycles. The average Bonchev–Trinajstić information content (AvgIpc) is 3.72. The van der Waals surface area contributed by atoms with Crippen LogP contribution in [0.1, 0.15) is 55.7 Å². The average molecular weight is 487 g/mol. The molecule has 1 atom stereocenters. The van der Waals surface area contributed by atoms with Gasteiger partial charge in [0, 0.05) is 5.56 Å². The maximum absolute atomic E-state index is 14.8. The number of hydrogen-bond acceptors (Lipinski definition) is 3. The Balaban J connectivity index is 1.61. The smallest absolute Gasteiger partial charge is 0.303 e. The Labute approximate surface area is 212 Å². The van der Waals surface area contributed by atoms with Crippen LogP contribution < -0.4 is 9.47 Å². The number of methoxy groups -OCH3 is 1. The van der Waals surface area contributed by atoms with Crippen LogP contribution in [0.4, 0.5) is 4.39 Å². The van der Waals surface area contributed by atoms with Crippen molar-refractivity contribution in [2.45, 2.75) is 51.0 Å². The zero-order valence-electron chi connectivity index (χ0n) is 20.9. The second-order valence-corrected chi connectivity index (χ2v) is 9.90. The fourth-order valence-corrected chi connectivity index (χ4v) is 4.59. The number of terminal acetylenes is 1. The maximum atomic E-state index is 14.8. The van der Waals surface area contributed by atoms with Crippen molar-refractivity contribution >= 4 is 5.97 Å². The predicted molar refractivity (Wildman–Crippen MR) is 139 cm³/mol. The topological polar surface area (TPSA) is 55.8 Å². The highest BCUT2D eigenvalue weighted by atomic mass is 19.1. The molecule has 0 saturated heterocycles. The summed E-state index contributed by atoms with van der Waals surface area (Å²) in [6.07, 6.45) is 8.12. The van der Waals surface area contributed by atoms with E-state index in [1.807, 2.05) is 56.3 Å². The summed E-state index contributed by atoms with van der Waals surface area (Å²) in [7, 11) is 1.55. The van der Waals surface area contributed by atoms with Crippen LogP contribution in [0, 0.1) is 24.1 Å². The van der Waals surface area contributed by atoms with E-state index in [-0.39, 0.29) is 18.2 Å². The van der Waals surface area contributed by atoms with E-state index < -0.39 is 11.4 Å². The zero-order chi connectivity index (χ0) is 25.9. The molecule has 4 nitrogen and oxygen atoms in total. The summed E-state index contributed by atoms with van der Waals surface area (Å²) < 4.78 is 26.2. The molecular weight excluding hydrogens is 455 g/mol. The molecular formula is C31H31FO4. The molecule has 0 radical (unpaired) electrons. The summed E-state index contributed by atoms with van der Waals surface area (Å²) in [5.74, 6) is 3.37. The van der Waals surface area contributed by atoms with E-state index in [0.29, 0.717) is 35.2 Å². The van der Waals surface area contributed by atoms with Gasteiger partial charge in [-0.1, -0.05) is 36.3 Å². The minimum Gasteiger partial charge on any atom is -0.497 e. The highest BCUT2D eigenvalue weighted by molar-refractivity contribution is 5.72. The van der Waals surface area contributed by atoms with Crippen LogP contribution in [0.15, 0.2) is 60.7 Å². The summed E-state index contributed by atoms with van der Waals surface area (Å²) in [5.41, 5.74) is 3.21. The van der Waals surface area contributed by atoms with Gasteiger partial charge in [-0.3, -0.25) is 4.79 Å². The van der Waals surface area contributed by atoms with Crippen LogP contribution in [0.5, 0.6) is 11.5 Å². The van der Waals surface area contributed by atoms with Crippen LogP contribution in [0.3, 0.4) is 0 Å². The Morgan fingerprint density at radius 3 is 2.56 bits per heavy atom. The van der Waals surface area contributed by atoms with Crippen LogP contribution in [-0.2, 0) is 16.8 Å². The first-order valence-corrected chi connectivity index (χ1v) is 12.1. The van der Waals surface area contributed by atoms with Gasteiger partial charge in [0.2, 0.25) is 0 Å². The number of halogens is 1. The molecule has 0 unspecified atom stereocenters. The molecule has 0 bridgehead atoms. The van der Waals surface area contributed by atoms with Crippen molar-refractivity contribution < 1.29 is 23.8 Å². The summed E-state index contributed by atoms with van der Waals surface area (Å²) in [5, 5.41) is 9.33. The van der Waals surface area contributed by atoms with Crippen molar-refractivity contribution in [3.63, 3.8) is 0 Å². The highest BCUT2D eigenvalue weighted by Crippen LogP contribution is 2.45. The molecule has 186 valence electrons. The normalized spacial score (nSPS) is 14.1. The minimum absolute atomic E-state index is 0.00567. The van der Waals surface area contributed by atoms with Crippen molar-refractivity contribution in [2.24, 2.45) is 5.92 Å². The van der Waals surface area contributed by atoms with Crippen molar-refractivity contribution in [3.05, 3.63) is 83.2 Å². The van der Waals surface area contributed by atoms with Gasteiger partial charge in [0.25, 0.3) is 0 Å². The van der Waals surface area contributed by atoms with Gasteiger partial charge in [-0.25, -0.2) is 4.39 Å². The lowest BCUT2D eigenvalue weighted by atomic mass is 9.80. The fourth-order valence-electron chi connectivity index (χ4n) is 4.59. The lowest BCUT2D eigenvalue weighted by Gasteiger charge is -2.24. The third-order valence-electron chi connectivity index (χ3n) is 6.86. The van der Waals surface area contributed by atoms with E-state index >= 15 is 0 Å². The van der Waals surface area contributed by atoms with Gasteiger partial charge in [-0.2, -0.15) is 0 Å². The van der Waals surface area contributed by atoms with Gasteiger partial charge in [0.05, 0.1) is 18.9 Å². The zero-order valence-corrected chi connectivity index (χ0v) is 20.9. The van der Waals surface area contributed by atoms with Gasteiger partial charge >= 0.3 is 5.97 Å². The molecule has 4 rings (SSSR count). The highest BCUT2D eigenvalue weighted by Gasteiger charge is 2.34. The number of carboxylic acids is 1. The molecule has 1 N–H and O–H groups in total. The first-order chi connectivity index (χ1) is 17.2. The number of ether oxygens (including phenoxy) is 2. The Bertz CT molecular complexity index is 1300. The Morgan fingerprint density at radius 2 is 1.89 bits per heavy atom. The van der Waals surface area contributed by atoms with E-state index in [0.717, 1.165) is 29.5 Å². The van der Waals surface area contributed by atoms with Crippen LogP contribution in [-0.4, -0.2) is 18.2 Å². The third-order valence-corrected chi connectivity index (χ3v) is 6.86. The Hall–Kier alpha value is -3.78. The van der Waals surface area contributed by atoms with E-state index in [1.165, 1.54) is 6.07 Å². The van der Waals surface area contributed by atoms with E-state index in [9.17, 15) is 14.3 Å². The van der Waals surface area contributed by atoms with Crippen molar-refractivity contribution in [2.75, 3.05) is 7.11 Å². The molecule has 0 spiro atoms. The standard InChI is InChI=1S/C31H31FO4/c1-5-31(2,3)28-15-20(9-13-25(28)27-17-23(35-4)12-14-29(27)32)19-36-24-8-6-7-22(16-24)26(18-30(33)34)21-10-11-21/h1,6-9,12-17,21,26H,10-11,18-19H2,2-4H3,(H,33,34)/t26-/m0/s1. The van der Waals surface area contributed by atoms with Crippen LogP contribution >= 0.6 is 0 Å². The fraction of sp³-hybridized carbons (Fsp3) is 0.323. The van der Waals surface area contributed by atoms with Gasteiger partial charge in [-0.15, -0.1) is 6.42 Å². The molecule has 1 aliphatic rings. The maximum Gasteiger partial charge on any atom is 0.303 e. The first kappa shape index (κ1) is 25.3. The van der Waals surface area contributed by atoms with Gasteiger partial charge in [0.1, 0.15) is 23.9 Å². The summed E-state index contributed by atoms with van der Waals surface area (Å²) in [6, 6.07) is 18.1. The second kappa shape index (κ2) is 10.5. The van der Waals surface area contributed by atoms with Gasteiger partial charge < -0.3 is 14.6 Å². The number of hydrogen-bond donors (Lipinski definition) is 1. The number of carboxylic acid groups (broad SMARTS) is 1. The van der Waals surface area contributed by atoms with Gasteiger partial charge in [-0.05, 0) is 91.1 Å². The largest absolute Gasteiger partial charge is 0.497 e. The molecule has 0 amide bonds. The molecule has 1 aliphatic carbocycles. The molecule has 0 aromatic heterocycles. The van der Waals surface area contributed by atoms with Gasteiger partial charge in [0.15, 0.2) is 0 Å². The van der Waals surface area contributed by atoms with E-state index in [2.05, 4.69) is 5.92 Å². The molecule has 5 heteroatoms. The van der Waals surface area contributed by atoms with Crippen molar-refractivity contribution in [1.82, 2.24) is 0 Å². The Morgan fingerprint density at radius 1 is 1.11 bits per heavy atom. The molecule has 1 fully saturated rings. The second-order valence-electron chi connectivity index (χ2n) is 9.90. The number of aliphatic carboxylic acids is 1. The van der Waals surface area contributed by atoms with Crippen LogP contribution in [0.2, 0.25) is 0 Å². The summed E-state index contributed by atoms with van der Waals surface area (Å²) in [6.45, 7) is 4.15. The number of rotatable bonds is 10. The predicted octanol–water partition coefficient (Wildman–Crippen LogP) is 6.96. The number of benzene rings is 3. The number of carbonyl (C=O) groups is 1. The molecule has 0 aliphatic heterocycles. The molecule has 0 heterocycles. The first-order valence-electron chi connectivity index (χ1n) is 12.1. The summed E-state index contributed by atoms with van der Waals surface area (Å²) >= 11 is 0. The van der Waals surface area contributed by atoms with Crippen molar-refractivity contribution in [3.8, 4) is 35.0 Å². The molecule has 36 heavy (non-hydrogen) atoms. The lowest BCUT2D eigenvalue weighted by Crippen LogP contribution is -2.16. The SMILES string of the molecule is C#CC(C)(C)c1cc(COc2cccc([C@@H](CC(=O)O)C3CC3)c2)ccc1-c1cc(OC)ccc1F. The monoisotopic (exact) mass is 486 g/mol. The van der Waals surface area contributed by atoms with E-state index in [1.54, 1.807) is 19.2 Å². The van der Waals surface area contributed by atoms with E-state index in [4.69, 9.17) is 15.9 Å². The molecule has 1 saturated carbocycles.